The van der Waals surface area contributed by atoms with E-state index in [1.54, 1.807) is 52.0 Å². The molecule has 0 heterocycles. The number of carbonyl (C=O) groups excluding carboxylic acids is 2. The summed E-state index contributed by atoms with van der Waals surface area (Å²) in [5.41, 5.74) is -0.0967. The largest absolute Gasteiger partial charge is 0.444 e. The van der Waals surface area contributed by atoms with Gasteiger partial charge in [-0.15, -0.1) is 0 Å². The highest BCUT2D eigenvalue weighted by Crippen LogP contribution is 2.12. The van der Waals surface area contributed by atoms with Crippen molar-refractivity contribution >= 4 is 23.5 Å². The summed E-state index contributed by atoms with van der Waals surface area (Å²) in [4.78, 5) is 23.6. The Balaban J connectivity index is 2.63. The van der Waals surface area contributed by atoms with Gasteiger partial charge in [-0.25, -0.2) is 4.79 Å². The summed E-state index contributed by atoms with van der Waals surface area (Å²) in [6.07, 6.45) is -0.609. The molecule has 0 saturated carbocycles. The fraction of sp³-hybridized carbons (Fsp3) is 0.429. The van der Waals surface area contributed by atoms with Crippen LogP contribution in [0.1, 0.15) is 38.1 Å². The average molecular weight is 284 g/mol. The van der Waals surface area contributed by atoms with E-state index in [4.69, 9.17) is 16.3 Å². The number of rotatable bonds is 3. The normalized spacial score (nSPS) is 12.7. The highest BCUT2D eigenvalue weighted by atomic mass is 35.5. The molecule has 0 spiro atoms. The highest BCUT2D eigenvalue weighted by molar-refractivity contribution is 6.30. The maximum absolute atomic E-state index is 12.0. The lowest BCUT2D eigenvalue weighted by Gasteiger charge is -2.21. The minimum Gasteiger partial charge on any atom is -0.444 e. The standard InChI is InChI=1S/C14H18ClNO3/c1-9(16-13(18)19-14(2,3)4)12(17)10-5-7-11(15)8-6-10/h5-9H,1-4H3,(H,16,18). The van der Waals surface area contributed by atoms with Gasteiger partial charge in [-0.1, -0.05) is 11.6 Å². The van der Waals surface area contributed by atoms with Crippen LogP contribution in [0.5, 0.6) is 0 Å². The first-order chi connectivity index (χ1) is 8.69. The van der Waals surface area contributed by atoms with Crippen molar-refractivity contribution in [3.8, 4) is 0 Å². The van der Waals surface area contributed by atoms with E-state index in [9.17, 15) is 9.59 Å². The van der Waals surface area contributed by atoms with Gasteiger partial charge < -0.3 is 10.1 Å². The van der Waals surface area contributed by atoms with E-state index < -0.39 is 17.7 Å². The van der Waals surface area contributed by atoms with Crippen molar-refractivity contribution in [2.45, 2.75) is 39.3 Å². The molecule has 5 heteroatoms. The van der Waals surface area contributed by atoms with Gasteiger partial charge >= 0.3 is 6.09 Å². The molecule has 0 saturated heterocycles. The summed E-state index contributed by atoms with van der Waals surface area (Å²) >= 11 is 5.75. The molecule has 0 aliphatic rings. The molecule has 104 valence electrons. The van der Waals surface area contributed by atoms with Gasteiger partial charge in [0.15, 0.2) is 5.78 Å². The van der Waals surface area contributed by atoms with Gasteiger partial charge in [-0.05, 0) is 52.0 Å². The second-order valence-electron chi connectivity index (χ2n) is 5.24. The first kappa shape index (κ1) is 15.5. The summed E-state index contributed by atoms with van der Waals surface area (Å²) in [5, 5.41) is 3.07. The Morgan fingerprint density at radius 1 is 1.21 bits per heavy atom. The molecular formula is C14H18ClNO3. The van der Waals surface area contributed by atoms with Crippen molar-refractivity contribution in [1.29, 1.82) is 0 Å². The van der Waals surface area contributed by atoms with Gasteiger partial charge in [-0.3, -0.25) is 4.79 Å². The van der Waals surface area contributed by atoms with Crippen molar-refractivity contribution in [1.82, 2.24) is 5.32 Å². The van der Waals surface area contributed by atoms with Crippen molar-refractivity contribution < 1.29 is 14.3 Å². The van der Waals surface area contributed by atoms with E-state index in [1.165, 1.54) is 0 Å². The molecule has 0 aliphatic heterocycles. The maximum atomic E-state index is 12.0. The van der Waals surface area contributed by atoms with Crippen molar-refractivity contribution in [2.24, 2.45) is 0 Å². The molecule has 1 atom stereocenters. The van der Waals surface area contributed by atoms with Crippen molar-refractivity contribution in [2.75, 3.05) is 0 Å². The molecule has 1 N–H and O–H groups in total. The summed E-state index contributed by atoms with van der Waals surface area (Å²) in [7, 11) is 0. The van der Waals surface area contributed by atoms with E-state index in [0.717, 1.165) is 0 Å². The van der Waals surface area contributed by atoms with E-state index in [1.807, 2.05) is 0 Å². The molecule has 1 unspecified atom stereocenters. The molecule has 1 aromatic carbocycles. The Labute approximate surface area is 118 Å². The highest BCUT2D eigenvalue weighted by Gasteiger charge is 2.21. The quantitative estimate of drug-likeness (QED) is 0.865. The van der Waals surface area contributed by atoms with Crippen LogP contribution in [0.25, 0.3) is 0 Å². The van der Waals surface area contributed by atoms with E-state index in [2.05, 4.69) is 5.32 Å². The third kappa shape index (κ3) is 5.30. The number of ether oxygens (including phenoxy) is 1. The zero-order valence-corrected chi connectivity index (χ0v) is 12.2. The second kappa shape index (κ2) is 6.06. The first-order valence-electron chi connectivity index (χ1n) is 5.98. The van der Waals surface area contributed by atoms with Crippen LogP contribution < -0.4 is 5.32 Å². The Bertz CT molecular complexity index is 463. The van der Waals surface area contributed by atoms with Crippen LogP contribution in [-0.2, 0) is 4.74 Å². The molecule has 4 nitrogen and oxygen atoms in total. The van der Waals surface area contributed by atoms with Gasteiger partial charge in [-0.2, -0.15) is 0 Å². The fourth-order valence-corrected chi connectivity index (χ4v) is 1.54. The lowest BCUT2D eigenvalue weighted by atomic mass is 10.1. The Kier molecular flexibility index (Phi) is 4.95. The van der Waals surface area contributed by atoms with Crippen LogP contribution in [0.2, 0.25) is 5.02 Å². The zero-order valence-electron chi connectivity index (χ0n) is 11.5. The monoisotopic (exact) mass is 283 g/mol. The second-order valence-corrected chi connectivity index (χ2v) is 5.68. The molecule has 0 radical (unpaired) electrons. The van der Waals surface area contributed by atoms with E-state index in [0.29, 0.717) is 10.6 Å². The van der Waals surface area contributed by atoms with Crippen LogP contribution in [-0.4, -0.2) is 23.5 Å². The molecule has 0 aliphatic carbocycles. The van der Waals surface area contributed by atoms with Gasteiger partial charge in [0.05, 0.1) is 6.04 Å². The number of alkyl carbamates (subject to hydrolysis) is 1. The smallest absolute Gasteiger partial charge is 0.408 e. The number of benzene rings is 1. The van der Waals surface area contributed by atoms with Crippen LogP contribution in [0, 0.1) is 0 Å². The first-order valence-corrected chi connectivity index (χ1v) is 6.36. The lowest BCUT2D eigenvalue weighted by Crippen LogP contribution is -2.41. The van der Waals surface area contributed by atoms with Gasteiger partial charge in [0, 0.05) is 10.6 Å². The fourth-order valence-electron chi connectivity index (χ4n) is 1.41. The number of amides is 1. The van der Waals surface area contributed by atoms with Crippen LogP contribution in [0.15, 0.2) is 24.3 Å². The molecule has 0 bridgehead atoms. The van der Waals surface area contributed by atoms with Crippen molar-refractivity contribution in [3.63, 3.8) is 0 Å². The SMILES string of the molecule is CC(NC(=O)OC(C)(C)C)C(=O)c1ccc(Cl)cc1. The molecule has 0 aromatic heterocycles. The van der Waals surface area contributed by atoms with Crippen molar-refractivity contribution in [3.05, 3.63) is 34.9 Å². The molecule has 1 amide bonds. The number of nitrogens with one attached hydrogen (secondary N) is 1. The van der Waals surface area contributed by atoms with Crippen LogP contribution in [0.3, 0.4) is 0 Å². The zero-order chi connectivity index (χ0) is 14.6. The van der Waals surface area contributed by atoms with E-state index >= 15 is 0 Å². The number of hydrogen-bond donors (Lipinski definition) is 1. The predicted molar refractivity (Wildman–Crippen MR) is 74.6 cm³/mol. The number of carbonyl (C=O) groups is 2. The minimum atomic E-state index is -0.656. The summed E-state index contributed by atoms with van der Waals surface area (Å²) < 4.78 is 5.09. The average Bonchev–Trinajstić information content (AvgIpc) is 2.26. The third-order valence-corrected chi connectivity index (χ3v) is 2.51. The van der Waals surface area contributed by atoms with Gasteiger partial charge in [0.25, 0.3) is 0 Å². The lowest BCUT2D eigenvalue weighted by molar-refractivity contribution is 0.0497. The van der Waals surface area contributed by atoms with Gasteiger partial charge in [0.1, 0.15) is 5.60 Å². The molecule has 1 rings (SSSR count). The third-order valence-electron chi connectivity index (χ3n) is 2.26. The Morgan fingerprint density at radius 2 is 1.74 bits per heavy atom. The predicted octanol–water partition coefficient (Wildman–Crippen LogP) is 3.44. The van der Waals surface area contributed by atoms with Crippen LogP contribution in [0.4, 0.5) is 4.79 Å². The van der Waals surface area contributed by atoms with E-state index in [-0.39, 0.29) is 5.78 Å². The number of Topliss-reactive ketones (excluding diaryl/α,β-unsaturated/α-hetero) is 1. The Morgan fingerprint density at radius 3 is 2.21 bits per heavy atom. The number of hydrogen-bond acceptors (Lipinski definition) is 3. The molecule has 19 heavy (non-hydrogen) atoms. The van der Waals surface area contributed by atoms with Gasteiger partial charge in [0.2, 0.25) is 0 Å². The Hall–Kier alpha value is -1.55. The van der Waals surface area contributed by atoms with Crippen LogP contribution >= 0.6 is 11.6 Å². The summed E-state index contributed by atoms with van der Waals surface area (Å²) in [6, 6.07) is 5.86. The molecule has 1 aromatic rings. The number of halogens is 1. The number of ketones is 1. The minimum absolute atomic E-state index is 0.192. The molecule has 0 fully saturated rings. The molecular weight excluding hydrogens is 266 g/mol. The summed E-state index contributed by atoms with van der Waals surface area (Å²) in [6.45, 7) is 6.90. The maximum Gasteiger partial charge on any atom is 0.408 e. The summed E-state index contributed by atoms with van der Waals surface area (Å²) in [5.74, 6) is -0.192. The topological polar surface area (TPSA) is 55.4 Å².